The van der Waals surface area contributed by atoms with E-state index < -0.39 is 0 Å². The molecule has 5 nitrogen and oxygen atoms in total. The first kappa shape index (κ1) is 17.3. The van der Waals surface area contributed by atoms with Crippen LogP contribution in [0.1, 0.15) is 50.0 Å². The Hall–Kier alpha value is -1.82. The van der Waals surface area contributed by atoms with Crippen LogP contribution in [0.3, 0.4) is 0 Å². The summed E-state index contributed by atoms with van der Waals surface area (Å²) < 4.78 is 6.04. The topological polar surface area (TPSA) is 68.0 Å². The van der Waals surface area contributed by atoms with Gasteiger partial charge < -0.3 is 9.73 Å². The molecule has 0 spiro atoms. The summed E-state index contributed by atoms with van der Waals surface area (Å²) in [5.41, 5.74) is 1.22. The zero-order valence-corrected chi connectivity index (χ0v) is 16.2. The Labute approximate surface area is 163 Å². The number of nitrogens with zero attached hydrogens (tertiary/aromatic N) is 2. The summed E-state index contributed by atoms with van der Waals surface area (Å²) in [4.78, 5) is 12.1. The number of benzene rings is 1. The number of amides is 1. The van der Waals surface area contributed by atoms with Crippen molar-refractivity contribution in [3.63, 3.8) is 0 Å². The fourth-order valence-corrected chi connectivity index (χ4v) is 6.42. The smallest absolute Gasteiger partial charge is 0.277 e. The van der Waals surface area contributed by atoms with Crippen LogP contribution in [0.2, 0.25) is 0 Å². The fraction of sp³-hybridized carbons (Fsp3) is 0.571. The molecule has 0 unspecified atom stereocenters. The molecule has 0 saturated heterocycles. The lowest BCUT2D eigenvalue weighted by Gasteiger charge is -2.55. The predicted molar refractivity (Wildman–Crippen MR) is 103 cm³/mol. The van der Waals surface area contributed by atoms with Gasteiger partial charge in [-0.15, -0.1) is 10.2 Å². The number of thioether (sulfide) groups is 1. The number of hydrogen-bond donors (Lipinski definition) is 1. The van der Waals surface area contributed by atoms with E-state index in [0.717, 1.165) is 29.2 Å². The second-order valence-electron chi connectivity index (χ2n) is 8.62. The van der Waals surface area contributed by atoms with Crippen molar-refractivity contribution in [2.24, 2.45) is 17.8 Å². The molecule has 6 rings (SSSR count). The zero-order valence-electron chi connectivity index (χ0n) is 15.4. The number of carbonyl (C=O) groups excluding carboxylic acids is 1. The molecule has 4 aliphatic rings. The third-order valence-electron chi connectivity index (χ3n) is 6.56. The molecular formula is C21H25N3O2S. The van der Waals surface area contributed by atoms with Gasteiger partial charge in [0, 0.05) is 12.0 Å². The molecule has 4 aliphatic carbocycles. The minimum Gasteiger partial charge on any atom is -0.415 e. The first-order chi connectivity index (χ1) is 13.2. The average molecular weight is 384 g/mol. The van der Waals surface area contributed by atoms with E-state index in [2.05, 4.69) is 15.5 Å². The van der Waals surface area contributed by atoms with Crippen molar-refractivity contribution in [1.29, 1.82) is 0 Å². The SMILES string of the molecule is O=C(CSc1nnc(C23CC4CC(CC(C4)C2)C3)o1)NCc1ccccc1. The monoisotopic (exact) mass is 383 g/mol. The quantitative estimate of drug-likeness (QED) is 0.765. The summed E-state index contributed by atoms with van der Waals surface area (Å²) in [7, 11) is 0. The highest BCUT2D eigenvalue weighted by Crippen LogP contribution is 2.60. The highest BCUT2D eigenvalue weighted by molar-refractivity contribution is 7.99. The molecule has 4 saturated carbocycles. The van der Waals surface area contributed by atoms with Crippen LogP contribution in [0.5, 0.6) is 0 Å². The summed E-state index contributed by atoms with van der Waals surface area (Å²) in [6, 6.07) is 9.92. The molecule has 1 amide bonds. The molecule has 142 valence electrons. The molecule has 0 radical (unpaired) electrons. The molecule has 6 heteroatoms. The number of carbonyl (C=O) groups is 1. The van der Waals surface area contributed by atoms with Gasteiger partial charge in [0.15, 0.2) is 0 Å². The van der Waals surface area contributed by atoms with Crippen molar-refractivity contribution in [2.75, 3.05) is 5.75 Å². The lowest BCUT2D eigenvalue weighted by atomic mass is 9.49. The number of aromatic nitrogens is 2. The number of rotatable bonds is 6. The van der Waals surface area contributed by atoms with Crippen LogP contribution in [-0.4, -0.2) is 21.9 Å². The largest absolute Gasteiger partial charge is 0.415 e. The summed E-state index contributed by atoms with van der Waals surface area (Å²) in [6.45, 7) is 0.544. The molecule has 0 aliphatic heterocycles. The van der Waals surface area contributed by atoms with Gasteiger partial charge in [-0.05, 0) is 61.8 Å². The maximum absolute atomic E-state index is 12.1. The molecule has 1 N–H and O–H groups in total. The molecular weight excluding hydrogens is 358 g/mol. The molecule has 4 fully saturated rings. The second kappa shape index (κ2) is 6.97. The Morgan fingerprint density at radius 2 is 1.74 bits per heavy atom. The molecule has 1 heterocycles. The third kappa shape index (κ3) is 3.51. The van der Waals surface area contributed by atoms with Crippen LogP contribution in [0.15, 0.2) is 40.0 Å². The number of hydrogen-bond acceptors (Lipinski definition) is 5. The molecule has 0 atom stereocenters. The minimum absolute atomic E-state index is 0.0154. The first-order valence-electron chi connectivity index (χ1n) is 9.96. The Kier molecular flexibility index (Phi) is 4.46. The maximum atomic E-state index is 12.1. The molecule has 4 bridgehead atoms. The van der Waals surface area contributed by atoms with E-state index in [0.29, 0.717) is 17.5 Å². The summed E-state index contributed by atoms with van der Waals surface area (Å²) in [5.74, 6) is 3.66. The maximum Gasteiger partial charge on any atom is 0.277 e. The van der Waals surface area contributed by atoms with Gasteiger partial charge >= 0.3 is 0 Å². The van der Waals surface area contributed by atoms with Crippen LogP contribution in [0, 0.1) is 17.8 Å². The van der Waals surface area contributed by atoms with Crippen molar-refractivity contribution >= 4 is 17.7 Å². The van der Waals surface area contributed by atoms with Gasteiger partial charge in [-0.2, -0.15) is 0 Å². The van der Waals surface area contributed by atoms with E-state index in [1.807, 2.05) is 30.3 Å². The predicted octanol–water partition coefficient (Wildman–Crippen LogP) is 3.95. The fourth-order valence-electron chi connectivity index (χ4n) is 5.83. The normalized spacial score (nSPS) is 31.2. The van der Waals surface area contributed by atoms with Crippen molar-refractivity contribution in [2.45, 2.75) is 55.7 Å². The standard InChI is InChI=1S/C21H25N3O2S/c25-18(22-12-14-4-2-1-3-5-14)13-27-20-24-23-19(26-20)21-9-15-6-16(10-21)8-17(7-15)11-21/h1-5,15-17H,6-13H2,(H,22,25). The number of nitrogens with one attached hydrogen (secondary N) is 1. The van der Waals surface area contributed by atoms with Crippen molar-refractivity contribution in [1.82, 2.24) is 15.5 Å². The molecule has 27 heavy (non-hydrogen) atoms. The van der Waals surface area contributed by atoms with Crippen LogP contribution >= 0.6 is 11.8 Å². The van der Waals surface area contributed by atoms with Gasteiger partial charge in [-0.3, -0.25) is 4.79 Å². The summed E-state index contributed by atoms with van der Waals surface area (Å²) in [5, 5.41) is 12.1. The van der Waals surface area contributed by atoms with E-state index in [-0.39, 0.29) is 11.3 Å². The van der Waals surface area contributed by atoms with Crippen molar-refractivity contribution in [3.8, 4) is 0 Å². The van der Waals surface area contributed by atoms with E-state index in [1.165, 1.54) is 50.3 Å². The second-order valence-corrected chi connectivity index (χ2v) is 9.55. The van der Waals surface area contributed by atoms with Gasteiger partial charge in [-0.25, -0.2) is 0 Å². The summed E-state index contributed by atoms with van der Waals surface area (Å²) in [6.07, 6.45) is 7.83. The molecule has 2 aromatic rings. The zero-order chi connectivity index (χ0) is 18.3. The first-order valence-corrected chi connectivity index (χ1v) is 10.9. The molecule has 1 aromatic carbocycles. The Morgan fingerprint density at radius 3 is 2.41 bits per heavy atom. The minimum atomic E-state index is -0.0154. The Balaban J connectivity index is 1.17. The third-order valence-corrected chi connectivity index (χ3v) is 7.38. The van der Waals surface area contributed by atoms with Crippen LogP contribution in [0.25, 0.3) is 0 Å². The highest BCUT2D eigenvalue weighted by atomic mass is 32.2. The van der Waals surface area contributed by atoms with Crippen molar-refractivity contribution < 1.29 is 9.21 Å². The van der Waals surface area contributed by atoms with Gasteiger partial charge in [-0.1, -0.05) is 42.1 Å². The lowest BCUT2D eigenvalue weighted by Crippen LogP contribution is -2.48. The summed E-state index contributed by atoms with van der Waals surface area (Å²) >= 11 is 1.34. The van der Waals surface area contributed by atoms with Gasteiger partial charge in [0.1, 0.15) is 0 Å². The van der Waals surface area contributed by atoms with Crippen LogP contribution in [-0.2, 0) is 16.8 Å². The Morgan fingerprint density at radius 1 is 1.07 bits per heavy atom. The van der Waals surface area contributed by atoms with E-state index in [4.69, 9.17) is 4.42 Å². The van der Waals surface area contributed by atoms with E-state index >= 15 is 0 Å². The van der Waals surface area contributed by atoms with Crippen LogP contribution < -0.4 is 5.32 Å². The highest BCUT2D eigenvalue weighted by Gasteiger charge is 2.54. The Bertz CT molecular complexity index is 785. The van der Waals surface area contributed by atoms with Gasteiger partial charge in [0.25, 0.3) is 5.22 Å². The molecule has 1 aromatic heterocycles. The van der Waals surface area contributed by atoms with E-state index in [1.54, 1.807) is 0 Å². The van der Waals surface area contributed by atoms with Gasteiger partial charge in [0.05, 0.1) is 5.75 Å². The van der Waals surface area contributed by atoms with Crippen LogP contribution in [0.4, 0.5) is 0 Å². The average Bonchev–Trinajstić information content (AvgIpc) is 3.14. The van der Waals surface area contributed by atoms with E-state index in [9.17, 15) is 4.79 Å². The lowest BCUT2D eigenvalue weighted by molar-refractivity contribution is -0.118. The van der Waals surface area contributed by atoms with Crippen molar-refractivity contribution in [3.05, 3.63) is 41.8 Å². The van der Waals surface area contributed by atoms with Gasteiger partial charge in [0.2, 0.25) is 11.8 Å².